The Morgan fingerprint density at radius 2 is 1.95 bits per heavy atom. The van der Waals surface area contributed by atoms with Crippen molar-refractivity contribution in [1.82, 2.24) is 10.2 Å². The quantitative estimate of drug-likeness (QED) is 0.842. The zero-order valence-electron chi connectivity index (χ0n) is 11.3. The molecule has 2 amide bonds. The van der Waals surface area contributed by atoms with Gasteiger partial charge >= 0.3 is 6.09 Å². The van der Waals surface area contributed by atoms with E-state index in [4.69, 9.17) is 4.74 Å². The van der Waals surface area contributed by atoms with Crippen LogP contribution >= 0.6 is 0 Å². The minimum atomic E-state index is -0.209. The standard InChI is InChI=1S/C14H22N2O3/c17-13(10-4-2-1-3-5-10)15-8-12-9-16(11-6-7-11)14(18)19-12/h10-12H,1-9H2,(H,15,17). The van der Waals surface area contributed by atoms with Gasteiger partial charge in [0.05, 0.1) is 13.1 Å². The van der Waals surface area contributed by atoms with Gasteiger partial charge in [-0.1, -0.05) is 19.3 Å². The van der Waals surface area contributed by atoms with Crippen molar-refractivity contribution in [2.45, 2.75) is 57.1 Å². The maximum Gasteiger partial charge on any atom is 0.410 e. The first kappa shape index (κ1) is 12.8. The lowest BCUT2D eigenvalue weighted by atomic mass is 9.88. The Labute approximate surface area is 113 Å². The highest BCUT2D eigenvalue weighted by Gasteiger charge is 2.41. The lowest BCUT2D eigenvalue weighted by molar-refractivity contribution is -0.126. The van der Waals surface area contributed by atoms with E-state index in [1.54, 1.807) is 4.90 Å². The normalized spacial score (nSPS) is 28.3. The van der Waals surface area contributed by atoms with E-state index in [2.05, 4.69) is 5.32 Å². The van der Waals surface area contributed by atoms with Crippen molar-refractivity contribution in [2.75, 3.05) is 13.1 Å². The molecule has 106 valence electrons. The predicted octanol–water partition coefficient (Wildman–Crippen LogP) is 1.67. The van der Waals surface area contributed by atoms with Gasteiger partial charge in [-0.25, -0.2) is 4.79 Å². The molecule has 0 bridgehead atoms. The SMILES string of the molecule is O=C(NCC1CN(C2CC2)C(=O)O1)C1CCCCC1. The van der Waals surface area contributed by atoms with E-state index in [-0.39, 0.29) is 24.0 Å². The van der Waals surface area contributed by atoms with E-state index in [1.165, 1.54) is 6.42 Å². The van der Waals surface area contributed by atoms with E-state index in [0.717, 1.165) is 38.5 Å². The Bertz CT molecular complexity index is 362. The Kier molecular flexibility index (Phi) is 3.62. The Hall–Kier alpha value is -1.26. The zero-order chi connectivity index (χ0) is 13.2. The molecule has 2 saturated carbocycles. The predicted molar refractivity (Wildman–Crippen MR) is 69.6 cm³/mol. The second kappa shape index (κ2) is 5.39. The molecule has 1 N–H and O–H groups in total. The van der Waals surface area contributed by atoms with Crippen LogP contribution in [-0.4, -0.2) is 42.1 Å². The maximum atomic E-state index is 12.0. The molecule has 1 unspecified atom stereocenters. The highest BCUT2D eigenvalue weighted by atomic mass is 16.6. The minimum Gasteiger partial charge on any atom is -0.442 e. The summed E-state index contributed by atoms with van der Waals surface area (Å²) >= 11 is 0. The summed E-state index contributed by atoms with van der Waals surface area (Å²) in [6.07, 6.45) is 7.39. The van der Waals surface area contributed by atoms with Crippen LogP contribution in [-0.2, 0) is 9.53 Å². The number of rotatable bonds is 4. The van der Waals surface area contributed by atoms with Gasteiger partial charge in [0.15, 0.2) is 0 Å². The van der Waals surface area contributed by atoms with Gasteiger partial charge in [-0.05, 0) is 25.7 Å². The van der Waals surface area contributed by atoms with Crippen LogP contribution in [0.3, 0.4) is 0 Å². The third kappa shape index (κ3) is 3.01. The molecule has 1 saturated heterocycles. The number of carbonyl (C=O) groups is 2. The number of carbonyl (C=O) groups excluding carboxylic acids is 2. The number of ether oxygens (including phenoxy) is 1. The molecule has 0 spiro atoms. The topological polar surface area (TPSA) is 58.6 Å². The largest absolute Gasteiger partial charge is 0.442 e. The fraction of sp³-hybridized carbons (Fsp3) is 0.857. The van der Waals surface area contributed by atoms with E-state index in [0.29, 0.717) is 19.1 Å². The Morgan fingerprint density at radius 1 is 1.21 bits per heavy atom. The van der Waals surface area contributed by atoms with Crippen LogP contribution in [0, 0.1) is 5.92 Å². The summed E-state index contributed by atoms with van der Waals surface area (Å²) in [5.74, 6) is 0.311. The summed E-state index contributed by atoms with van der Waals surface area (Å²) < 4.78 is 5.29. The van der Waals surface area contributed by atoms with Gasteiger partial charge < -0.3 is 15.0 Å². The summed E-state index contributed by atoms with van der Waals surface area (Å²) in [7, 11) is 0. The molecule has 3 rings (SSSR count). The first-order valence-electron chi connectivity index (χ1n) is 7.49. The Morgan fingerprint density at radius 3 is 2.63 bits per heavy atom. The molecule has 0 aromatic rings. The first-order chi connectivity index (χ1) is 9.24. The molecule has 19 heavy (non-hydrogen) atoms. The summed E-state index contributed by atoms with van der Waals surface area (Å²) in [6, 6.07) is 0.395. The van der Waals surface area contributed by atoms with Gasteiger partial charge in [-0.2, -0.15) is 0 Å². The minimum absolute atomic E-state index is 0.139. The lowest BCUT2D eigenvalue weighted by Crippen LogP contribution is -2.38. The van der Waals surface area contributed by atoms with Gasteiger partial charge in [0, 0.05) is 12.0 Å². The molecule has 1 atom stereocenters. The van der Waals surface area contributed by atoms with Crippen molar-refractivity contribution in [1.29, 1.82) is 0 Å². The van der Waals surface area contributed by atoms with Crippen LogP contribution in [0.2, 0.25) is 0 Å². The average Bonchev–Trinajstić information content (AvgIpc) is 3.21. The molecule has 3 fully saturated rings. The summed E-state index contributed by atoms with van der Waals surface area (Å²) in [5.41, 5.74) is 0. The number of hydrogen-bond donors (Lipinski definition) is 1. The van der Waals surface area contributed by atoms with Crippen LogP contribution in [0.15, 0.2) is 0 Å². The highest BCUT2D eigenvalue weighted by Crippen LogP contribution is 2.30. The van der Waals surface area contributed by atoms with Crippen molar-refractivity contribution in [3.8, 4) is 0 Å². The molecular formula is C14H22N2O3. The zero-order valence-corrected chi connectivity index (χ0v) is 11.3. The van der Waals surface area contributed by atoms with E-state index in [1.807, 2.05) is 0 Å². The van der Waals surface area contributed by atoms with Crippen molar-refractivity contribution < 1.29 is 14.3 Å². The van der Waals surface area contributed by atoms with Gasteiger partial charge in [0.2, 0.25) is 5.91 Å². The molecule has 5 heteroatoms. The molecule has 3 aliphatic rings. The van der Waals surface area contributed by atoms with Crippen LogP contribution in [0.1, 0.15) is 44.9 Å². The number of hydrogen-bond acceptors (Lipinski definition) is 3. The molecule has 5 nitrogen and oxygen atoms in total. The summed E-state index contributed by atoms with van der Waals surface area (Å²) in [5, 5.41) is 2.95. The van der Waals surface area contributed by atoms with Gasteiger partial charge in [0.1, 0.15) is 6.10 Å². The molecule has 1 aliphatic heterocycles. The van der Waals surface area contributed by atoms with Crippen LogP contribution in [0.5, 0.6) is 0 Å². The molecule has 0 aromatic carbocycles. The van der Waals surface area contributed by atoms with Crippen LogP contribution in [0.25, 0.3) is 0 Å². The second-order valence-electron chi connectivity index (χ2n) is 5.97. The Balaban J connectivity index is 1.42. The fourth-order valence-corrected chi connectivity index (χ4v) is 3.06. The molecule has 2 aliphatic carbocycles. The van der Waals surface area contributed by atoms with Gasteiger partial charge in [-0.3, -0.25) is 4.79 Å². The number of amides is 2. The molecule has 0 aromatic heterocycles. The van der Waals surface area contributed by atoms with Gasteiger partial charge in [0.25, 0.3) is 0 Å². The first-order valence-corrected chi connectivity index (χ1v) is 7.49. The smallest absolute Gasteiger partial charge is 0.410 e. The monoisotopic (exact) mass is 266 g/mol. The number of nitrogens with zero attached hydrogens (tertiary/aromatic N) is 1. The number of nitrogens with one attached hydrogen (secondary N) is 1. The van der Waals surface area contributed by atoms with Crippen LogP contribution < -0.4 is 5.32 Å². The maximum absolute atomic E-state index is 12.0. The lowest BCUT2D eigenvalue weighted by Gasteiger charge is -2.21. The highest BCUT2D eigenvalue weighted by molar-refractivity contribution is 5.78. The van der Waals surface area contributed by atoms with E-state index in [9.17, 15) is 9.59 Å². The third-order valence-electron chi connectivity index (χ3n) is 4.37. The third-order valence-corrected chi connectivity index (χ3v) is 4.37. The van der Waals surface area contributed by atoms with E-state index >= 15 is 0 Å². The summed E-state index contributed by atoms with van der Waals surface area (Å²) in [4.78, 5) is 25.4. The van der Waals surface area contributed by atoms with Crippen LogP contribution in [0.4, 0.5) is 4.79 Å². The fourth-order valence-electron chi connectivity index (χ4n) is 3.06. The van der Waals surface area contributed by atoms with Gasteiger partial charge in [-0.15, -0.1) is 0 Å². The number of cyclic esters (lactones) is 1. The van der Waals surface area contributed by atoms with Crippen molar-refractivity contribution >= 4 is 12.0 Å². The van der Waals surface area contributed by atoms with Crippen molar-refractivity contribution in [3.63, 3.8) is 0 Å². The second-order valence-corrected chi connectivity index (χ2v) is 5.97. The summed E-state index contributed by atoms with van der Waals surface area (Å²) in [6.45, 7) is 1.10. The average molecular weight is 266 g/mol. The van der Waals surface area contributed by atoms with E-state index < -0.39 is 0 Å². The molecule has 1 heterocycles. The molecular weight excluding hydrogens is 244 g/mol. The van der Waals surface area contributed by atoms with Crippen molar-refractivity contribution in [3.05, 3.63) is 0 Å². The van der Waals surface area contributed by atoms with Crippen molar-refractivity contribution in [2.24, 2.45) is 5.92 Å². The molecule has 0 radical (unpaired) electrons.